The third-order valence-electron chi connectivity index (χ3n) is 6.79. The second-order valence-corrected chi connectivity index (χ2v) is 12.1. The SMILES string of the molecule is C=C(C)C(=O)O.C=C(C)C(=O)O.CC/C=C\C/C=C\C/C=C\CCCCCCCC(=O)[O-].CC/C=C\C/C=C\C/C=C\CCCCCCCC(=O)[O-].[Mg+2]. The summed E-state index contributed by atoms with van der Waals surface area (Å²) in [4.78, 5) is 39.6. The molecule has 0 aliphatic carbocycles. The normalized spacial score (nSPS) is 10.8. The summed E-state index contributed by atoms with van der Waals surface area (Å²) in [6, 6.07) is 0. The molecule has 0 aromatic carbocycles. The van der Waals surface area contributed by atoms with Crippen LogP contribution in [-0.4, -0.2) is 57.1 Å². The Kier molecular flexibility index (Phi) is 56.3. The van der Waals surface area contributed by atoms with Crippen LogP contribution in [0.25, 0.3) is 0 Å². The minimum atomic E-state index is -0.935. The van der Waals surface area contributed by atoms with E-state index >= 15 is 0 Å². The number of carbonyl (C=O) groups is 4. The van der Waals surface area contributed by atoms with Gasteiger partial charge in [-0.15, -0.1) is 0 Å². The van der Waals surface area contributed by atoms with Crippen molar-refractivity contribution in [2.75, 3.05) is 0 Å². The second kappa shape index (κ2) is 50.7. The first kappa shape index (κ1) is 58.9. The average molecular weight is 751 g/mol. The van der Waals surface area contributed by atoms with Crippen LogP contribution in [0.4, 0.5) is 0 Å². The van der Waals surface area contributed by atoms with Crippen LogP contribution in [-0.2, 0) is 19.2 Å². The predicted molar refractivity (Wildman–Crippen MR) is 219 cm³/mol. The van der Waals surface area contributed by atoms with Gasteiger partial charge in [0.1, 0.15) is 0 Å². The number of carboxylic acid groups (broad SMARTS) is 4. The minimum Gasteiger partial charge on any atom is -0.550 e. The summed E-state index contributed by atoms with van der Waals surface area (Å²) in [6.07, 6.45) is 46.1. The zero-order valence-corrected chi connectivity index (χ0v) is 34.9. The van der Waals surface area contributed by atoms with Gasteiger partial charge in [-0.3, -0.25) is 0 Å². The second-order valence-electron chi connectivity index (χ2n) is 12.1. The molecule has 0 fully saturated rings. The van der Waals surface area contributed by atoms with Crippen LogP contribution in [0.2, 0.25) is 0 Å². The topological polar surface area (TPSA) is 155 Å². The van der Waals surface area contributed by atoms with Crippen LogP contribution in [0.5, 0.6) is 0 Å². The Morgan fingerprint density at radius 2 is 0.679 bits per heavy atom. The molecule has 0 atom stereocenters. The number of rotatable bonds is 28. The molecule has 0 heterocycles. The van der Waals surface area contributed by atoms with Gasteiger partial charge in [0.25, 0.3) is 0 Å². The zero-order chi connectivity index (χ0) is 40.1. The first-order chi connectivity index (χ1) is 24.8. The van der Waals surface area contributed by atoms with Crippen molar-refractivity contribution in [3.8, 4) is 0 Å². The van der Waals surface area contributed by atoms with Gasteiger partial charge in [-0.2, -0.15) is 0 Å². The van der Waals surface area contributed by atoms with E-state index in [0.29, 0.717) is 0 Å². The van der Waals surface area contributed by atoms with Crippen LogP contribution < -0.4 is 10.2 Å². The summed E-state index contributed by atoms with van der Waals surface area (Å²) >= 11 is 0. The van der Waals surface area contributed by atoms with E-state index < -0.39 is 23.9 Å². The molecule has 0 bridgehead atoms. The number of hydrogen-bond acceptors (Lipinski definition) is 6. The van der Waals surface area contributed by atoms with Crippen LogP contribution in [0.3, 0.4) is 0 Å². The van der Waals surface area contributed by atoms with E-state index in [1.807, 2.05) is 0 Å². The molecule has 0 spiro atoms. The largest absolute Gasteiger partial charge is 2.00 e. The van der Waals surface area contributed by atoms with Crippen molar-refractivity contribution in [1.82, 2.24) is 0 Å². The molecule has 0 aliphatic rings. The van der Waals surface area contributed by atoms with E-state index in [2.05, 4.69) is 99.9 Å². The van der Waals surface area contributed by atoms with Crippen molar-refractivity contribution in [2.45, 2.75) is 156 Å². The fourth-order valence-corrected chi connectivity index (χ4v) is 3.78. The molecule has 0 aromatic heterocycles. The number of carboxylic acids is 4. The van der Waals surface area contributed by atoms with Crippen molar-refractivity contribution in [3.63, 3.8) is 0 Å². The fraction of sp³-hybridized carbons (Fsp3) is 0.545. The molecular weight excluding hydrogens is 681 g/mol. The van der Waals surface area contributed by atoms with Crippen molar-refractivity contribution in [1.29, 1.82) is 0 Å². The summed E-state index contributed by atoms with van der Waals surface area (Å²) in [7, 11) is 0. The zero-order valence-electron chi connectivity index (χ0n) is 33.5. The number of unbranched alkanes of at least 4 members (excludes halogenated alkanes) is 10. The molecule has 0 aromatic rings. The van der Waals surface area contributed by atoms with Gasteiger partial charge < -0.3 is 30.0 Å². The van der Waals surface area contributed by atoms with Gasteiger partial charge >= 0.3 is 35.0 Å². The van der Waals surface area contributed by atoms with Gasteiger partial charge in [0.05, 0.1) is 0 Å². The molecule has 296 valence electrons. The monoisotopic (exact) mass is 750 g/mol. The minimum absolute atomic E-state index is 0. The first-order valence-corrected chi connectivity index (χ1v) is 18.9. The summed E-state index contributed by atoms with van der Waals surface area (Å²) in [5.74, 6) is -3.72. The van der Waals surface area contributed by atoms with Gasteiger partial charge in [-0.25, -0.2) is 9.59 Å². The van der Waals surface area contributed by atoms with Gasteiger partial charge in [-0.1, -0.05) is 138 Å². The maximum absolute atomic E-state index is 10.2. The molecule has 9 heteroatoms. The summed E-state index contributed by atoms with van der Waals surface area (Å²) in [6.45, 7) is 13.5. The molecule has 0 radical (unpaired) electrons. The standard InChI is InChI=1S/2C18H30O2.2C4H6O2.Mg/c2*1-2-3-4-5-6-7-8-9-10-11-12-13-14-15-16-17-18(19)20;2*1-3(2)4(5)6;/h2*3-4,6-7,9-10H,2,5,8,11-17H2,1H3,(H,19,20);2*1H2,2H3,(H,5,6);/q;;;;+2/p-2/b2*4-3-,7-6-,10-9-;;;. The maximum Gasteiger partial charge on any atom is 2.00 e. The van der Waals surface area contributed by atoms with E-state index in [0.717, 1.165) is 89.9 Å². The smallest absolute Gasteiger partial charge is 0.550 e. The molecular formula is C44H70MgO8. The first-order valence-electron chi connectivity index (χ1n) is 18.9. The Labute approximate surface area is 338 Å². The summed E-state index contributed by atoms with van der Waals surface area (Å²) in [5, 5.41) is 36.2. The Morgan fingerprint density at radius 1 is 0.453 bits per heavy atom. The van der Waals surface area contributed by atoms with E-state index in [1.165, 1.54) is 39.5 Å². The molecule has 0 unspecified atom stereocenters. The van der Waals surface area contributed by atoms with Gasteiger partial charge in [0.15, 0.2) is 0 Å². The number of allylic oxidation sites excluding steroid dienone is 12. The van der Waals surface area contributed by atoms with Crippen LogP contribution >= 0.6 is 0 Å². The van der Waals surface area contributed by atoms with Gasteiger partial charge in [0.2, 0.25) is 0 Å². The van der Waals surface area contributed by atoms with E-state index in [4.69, 9.17) is 10.2 Å². The maximum atomic E-state index is 10.2. The molecule has 0 saturated carbocycles. The predicted octanol–water partition coefficient (Wildman–Crippen LogP) is 9.56. The fourth-order valence-electron chi connectivity index (χ4n) is 3.78. The van der Waals surface area contributed by atoms with Crippen molar-refractivity contribution in [3.05, 3.63) is 97.2 Å². The summed E-state index contributed by atoms with van der Waals surface area (Å²) in [5.41, 5.74) is 0.352. The van der Waals surface area contributed by atoms with Crippen LogP contribution in [0, 0.1) is 0 Å². The van der Waals surface area contributed by atoms with Crippen LogP contribution in [0.15, 0.2) is 97.2 Å². The van der Waals surface area contributed by atoms with Crippen molar-refractivity contribution < 1.29 is 39.6 Å². The Morgan fingerprint density at radius 3 is 0.925 bits per heavy atom. The quantitative estimate of drug-likeness (QED) is 0.0347. The molecule has 0 amide bonds. The molecule has 2 N–H and O–H groups in total. The third-order valence-corrected chi connectivity index (χ3v) is 6.79. The van der Waals surface area contributed by atoms with Crippen molar-refractivity contribution >= 4 is 46.9 Å². The Hall–Kier alpha value is -3.43. The molecule has 53 heavy (non-hydrogen) atoms. The number of hydrogen-bond donors (Lipinski definition) is 2. The summed E-state index contributed by atoms with van der Waals surface area (Å²) < 4.78 is 0. The van der Waals surface area contributed by atoms with E-state index in [1.54, 1.807) is 0 Å². The van der Waals surface area contributed by atoms with Crippen molar-refractivity contribution in [2.24, 2.45) is 0 Å². The van der Waals surface area contributed by atoms with Gasteiger partial charge in [0, 0.05) is 23.1 Å². The molecule has 8 nitrogen and oxygen atoms in total. The number of carbonyl (C=O) groups excluding carboxylic acids is 2. The van der Waals surface area contributed by atoms with E-state index in [-0.39, 0.29) is 47.0 Å². The molecule has 0 aliphatic heterocycles. The molecule has 0 saturated heterocycles. The molecule has 0 rings (SSSR count). The Bertz CT molecular complexity index is 987. The van der Waals surface area contributed by atoms with Gasteiger partial charge in [-0.05, 0) is 104 Å². The average Bonchev–Trinajstić information content (AvgIpc) is 3.08. The Balaban J connectivity index is -0.000000218. The van der Waals surface area contributed by atoms with E-state index in [9.17, 15) is 29.4 Å². The van der Waals surface area contributed by atoms with Crippen LogP contribution in [0.1, 0.15) is 156 Å². The number of aliphatic carboxylic acids is 4. The third kappa shape index (κ3) is 70.8.